The van der Waals surface area contributed by atoms with Crippen molar-refractivity contribution in [3.05, 3.63) is 101 Å². The summed E-state index contributed by atoms with van der Waals surface area (Å²) in [7, 11) is 0. The monoisotopic (exact) mass is 435 g/mol. The van der Waals surface area contributed by atoms with E-state index in [0.29, 0.717) is 22.1 Å². The second kappa shape index (κ2) is 7.63. The van der Waals surface area contributed by atoms with Gasteiger partial charge in [-0.25, -0.2) is 13.8 Å². The summed E-state index contributed by atoms with van der Waals surface area (Å²) in [6, 6.07) is 16.5. The fraction of sp³-hybridized carbons (Fsp3) is 0.0833. The lowest BCUT2D eigenvalue weighted by Crippen LogP contribution is -2.25. The van der Waals surface area contributed by atoms with Crippen LogP contribution in [0.2, 0.25) is 5.02 Å². The van der Waals surface area contributed by atoms with Gasteiger partial charge in [0.2, 0.25) is 5.91 Å². The average Bonchev–Trinajstić information content (AvgIpc) is 3.34. The fourth-order valence-electron chi connectivity index (χ4n) is 4.07. The van der Waals surface area contributed by atoms with E-state index < -0.39 is 17.6 Å². The Bertz CT molecular complexity index is 1270. The molecule has 154 valence electrons. The molecular weight excluding hydrogens is 420 g/mol. The Morgan fingerprint density at radius 1 is 1.00 bits per heavy atom. The van der Waals surface area contributed by atoms with Gasteiger partial charge in [0, 0.05) is 17.3 Å². The molecule has 5 rings (SSSR count). The SMILES string of the molecule is O=C1C(Cc2cc(F)cc(F)c2)c2cc(-c3cccc(Cl)c3)ccc2N1c1c[nH]cn1. The third-order valence-corrected chi connectivity index (χ3v) is 5.63. The standard InChI is InChI=1S/C24H16ClF2N3O/c25-17-3-1-2-15(9-17)16-4-5-22-20(10-16)21(8-14-6-18(26)11-19(27)7-14)24(31)30(22)23-12-28-13-29-23/h1-7,9-13,21H,8H2,(H,28,29). The molecule has 0 saturated carbocycles. The highest BCUT2D eigenvalue weighted by Gasteiger charge is 2.39. The lowest BCUT2D eigenvalue weighted by molar-refractivity contribution is -0.118. The van der Waals surface area contributed by atoms with Crippen LogP contribution in [0, 0.1) is 11.6 Å². The van der Waals surface area contributed by atoms with Crippen LogP contribution in [0.5, 0.6) is 0 Å². The van der Waals surface area contributed by atoms with Crippen LogP contribution in [-0.4, -0.2) is 15.9 Å². The number of halogens is 3. The zero-order valence-electron chi connectivity index (χ0n) is 16.1. The molecule has 0 fully saturated rings. The first-order valence-corrected chi connectivity index (χ1v) is 10.0. The van der Waals surface area contributed by atoms with E-state index in [-0.39, 0.29) is 12.3 Å². The predicted octanol–water partition coefficient (Wildman–Crippen LogP) is 6.01. The highest BCUT2D eigenvalue weighted by atomic mass is 35.5. The smallest absolute Gasteiger partial charge is 0.240 e. The van der Waals surface area contributed by atoms with Crippen molar-refractivity contribution in [2.45, 2.75) is 12.3 Å². The first kappa shape index (κ1) is 19.5. The van der Waals surface area contributed by atoms with Gasteiger partial charge in [0.15, 0.2) is 5.82 Å². The Kier molecular flexibility index (Phi) is 4.79. The number of aromatic amines is 1. The molecule has 4 aromatic rings. The van der Waals surface area contributed by atoms with Crippen molar-refractivity contribution in [2.75, 3.05) is 4.90 Å². The molecule has 0 spiro atoms. The lowest BCUT2D eigenvalue weighted by Gasteiger charge is -2.15. The van der Waals surface area contributed by atoms with Crippen LogP contribution in [0.3, 0.4) is 0 Å². The average molecular weight is 436 g/mol. The molecule has 0 saturated heterocycles. The molecule has 0 bridgehead atoms. The minimum absolute atomic E-state index is 0.167. The van der Waals surface area contributed by atoms with Gasteiger partial charge in [-0.2, -0.15) is 0 Å². The van der Waals surface area contributed by atoms with Gasteiger partial charge in [-0.15, -0.1) is 0 Å². The second-order valence-corrected chi connectivity index (χ2v) is 7.86. The van der Waals surface area contributed by atoms with E-state index in [1.165, 1.54) is 23.4 Å². The number of nitrogens with zero attached hydrogens (tertiary/aromatic N) is 2. The van der Waals surface area contributed by atoms with Crippen molar-refractivity contribution in [3.63, 3.8) is 0 Å². The van der Waals surface area contributed by atoms with E-state index in [0.717, 1.165) is 22.8 Å². The normalized spacial score (nSPS) is 15.4. The van der Waals surface area contributed by atoms with Gasteiger partial charge in [0.1, 0.15) is 11.6 Å². The van der Waals surface area contributed by atoms with E-state index >= 15 is 0 Å². The number of aromatic nitrogens is 2. The van der Waals surface area contributed by atoms with Crippen molar-refractivity contribution in [2.24, 2.45) is 0 Å². The highest BCUT2D eigenvalue weighted by Crippen LogP contribution is 2.44. The number of carbonyl (C=O) groups is 1. The lowest BCUT2D eigenvalue weighted by atomic mass is 9.91. The highest BCUT2D eigenvalue weighted by molar-refractivity contribution is 6.30. The molecule has 1 aliphatic rings. The number of rotatable bonds is 4. The van der Waals surface area contributed by atoms with Crippen molar-refractivity contribution in [3.8, 4) is 11.1 Å². The molecule has 0 aliphatic carbocycles. The molecule has 0 radical (unpaired) electrons. The predicted molar refractivity (Wildman–Crippen MR) is 115 cm³/mol. The van der Waals surface area contributed by atoms with Crippen molar-refractivity contribution >= 4 is 29.0 Å². The van der Waals surface area contributed by atoms with Gasteiger partial charge in [0.25, 0.3) is 0 Å². The topological polar surface area (TPSA) is 49.0 Å². The summed E-state index contributed by atoms with van der Waals surface area (Å²) >= 11 is 6.15. The van der Waals surface area contributed by atoms with Gasteiger partial charge < -0.3 is 4.98 Å². The molecular formula is C24H16ClF2N3O. The van der Waals surface area contributed by atoms with Gasteiger partial charge in [-0.3, -0.25) is 9.69 Å². The van der Waals surface area contributed by atoms with Crippen LogP contribution in [0.25, 0.3) is 11.1 Å². The zero-order valence-corrected chi connectivity index (χ0v) is 16.9. The third-order valence-electron chi connectivity index (χ3n) is 5.40. The Hall–Kier alpha value is -3.51. The molecule has 1 N–H and O–H groups in total. The van der Waals surface area contributed by atoms with Gasteiger partial charge in [0.05, 0.1) is 17.9 Å². The second-order valence-electron chi connectivity index (χ2n) is 7.42. The number of carbonyl (C=O) groups excluding carboxylic acids is 1. The van der Waals surface area contributed by atoms with Crippen LogP contribution in [0.4, 0.5) is 20.3 Å². The van der Waals surface area contributed by atoms with Crippen molar-refractivity contribution in [1.29, 1.82) is 0 Å². The third kappa shape index (κ3) is 3.59. The number of H-pyrrole nitrogens is 1. The number of hydrogen-bond donors (Lipinski definition) is 1. The quantitative estimate of drug-likeness (QED) is 0.426. The number of benzene rings is 3. The van der Waals surface area contributed by atoms with Gasteiger partial charge in [-0.1, -0.05) is 29.8 Å². The fourth-order valence-corrected chi connectivity index (χ4v) is 4.26. The summed E-state index contributed by atoms with van der Waals surface area (Å²) in [5.41, 5.74) is 3.70. The van der Waals surface area contributed by atoms with Crippen LogP contribution < -0.4 is 4.90 Å². The van der Waals surface area contributed by atoms with E-state index in [4.69, 9.17) is 11.6 Å². The summed E-state index contributed by atoms with van der Waals surface area (Å²) in [4.78, 5) is 22.0. The van der Waals surface area contributed by atoms with Gasteiger partial charge in [-0.05, 0) is 65.1 Å². The summed E-state index contributed by atoms with van der Waals surface area (Å²) in [6.45, 7) is 0. The summed E-state index contributed by atoms with van der Waals surface area (Å²) < 4.78 is 27.5. The maximum absolute atomic E-state index is 13.8. The zero-order chi connectivity index (χ0) is 21.5. The molecule has 7 heteroatoms. The molecule has 2 heterocycles. The Morgan fingerprint density at radius 2 is 1.77 bits per heavy atom. The van der Waals surface area contributed by atoms with Crippen molar-refractivity contribution in [1.82, 2.24) is 9.97 Å². The molecule has 4 nitrogen and oxygen atoms in total. The molecule has 1 atom stereocenters. The number of hydrogen-bond acceptors (Lipinski definition) is 2. The molecule has 1 amide bonds. The number of imidazole rings is 1. The van der Waals surface area contributed by atoms with E-state index in [9.17, 15) is 13.6 Å². The number of anilines is 2. The van der Waals surface area contributed by atoms with Crippen molar-refractivity contribution < 1.29 is 13.6 Å². The van der Waals surface area contributed by atoms with Gasteiger partial charge >= 0.3 is 0 Å². The van der Waals surface area contributed by atoms with Crippen LogP contribution in [0.1, 0.15) is 17.0 Å². The van der Waals surface area contributed by atoms with Crippen LogP contribution in [-0.2, 0) is 11.2 Å². The molecule has 1 aromatic heterocycles. The summed E-state index contributed by atoms with van der Waals surface area (Å²) in [6.07, 6.45) is 3.30. The summed E-state index contributed by atoms with van der Waals surface area (Å²) in [5.74, 6) is -1.67. The Morgan fingerprint density at radius 3 is 2.48 bits per heavy atom. The van der Waals surface area contributed by atoms with E-state index in [1.807, 2.05) is 36.4 Å². The largest absolute Gasteiger partial charge is 0.349 e. The molecule has 1 unspecified atom stereocenters. The number of fused-ring (bicyclic) bond motifs is 1. The van der Waals surface area contributed by atoms with Crippen LogP contribution >= 0.6 is 11.6 Å². The minimum atomic E-state index is -0.669. The molecule has 1 aliphatic heterocycles. The molecule has 3 aromatic carbocycles. The number of amides is 1. The maximum atomic E-state index is 13.8. The first-order chi connectivity index (χ1) is 15.0. The Balaban J connectivity index is 1.62. The molecule has 31 heavy (non-hydrogen) atoms. The van der Waals surface area contributed by atoms with E-state index in [2.05, 4.69) is 9.97 Å². The van der Waals surface area contributed by atoms with E-state index in [1.54, 1.807) is 12.3 Å². The number of nitrogens with one attached hydrogen (secondary N) is 1. The summed E-state index contributed by atoms with van der Waals surface area (Å²) in [5, 5.41) is 0.610. The Labute approximate surface area is 182 Å². The maximum Gasteiger partial charge on any atom is 0.240 e. The first-order valence-electron chi connectivity index (χ1n) is 9.67. The minimum Gasteiger partial charge on any atom is -0.349 e. The van der Waals surface area contributed by atoms with Crippen LogP contribution in [0.15, 0.2) is 73.2 Å².